The molecule has 4 nitrogen and oxygen atoms in total. The van der Waals surface area contributed by atoms with Crippen molar-refractivity contribution in [1.82, 2.24) is 4.57 Å². The topological polar surface area (TPSA) is 40.5 Å². The molecule has 2 aromatic carbocycles. The Kier molecular flexibility index (Phi) is 5.33. The number of nitrogens with zero attached hydrogens (tertiary/aromatic N) is 1. The van der Waals surface area contributed by atoms with Crippen LogP contribution >= 0.6 is 7.60 Å². The summed E-state index contributed by atoms with van der Waals surface area (Å²) in [5, 5.41) is 2.45. The first kappa shape index (κ1) is 18.2. The van der Waals surface area contributed by atoms with Crippen LogP contribution in [0.1, 0.15) is 25.0 Å². The summed E-state index contributed by atoms with van der Waals surface area (Å²) in [6.07, 6.45) is 0.370. The van der Waals surface area contributed by atoms with Gasteiger partial charge in [-0.05, 0) is 51.0 Å². The molecule has 0 saturated heterocycles. The number of aryl methyl sites for hydroxylation is 3. The molecule has 0 aliphatic rings. The average Bonchev–Trinajstić information content (AvgIpc) is 2.85. The molecule has 0 aliphatic carbocycles. The molecule has 1 aromatic heterocycles. The Hall–Kier alpha value is -1.61. The maximum atomic E-state index is 12.9. The molecular weight excluding hydrogens is 333 g/mol. The van der Waals surface area contributed by atoms with E-state index in [0.717, 1.165) is 0 Å². The summed E-state index contributed by atoms with van der Waals surface area (Å²) in [6.45, 7) is 9.27. The average molecular weight is 359 g/mol. The van der Waals surface area contributed by atoms with Crippen molar-refractivity contribution in [3.8, 4) is 0 Å². The lowest BCUT2D eigenvalue weighted by Crippen LogP contribution is -2.07. The van der Waals surface area contributed by atoms with Gasteiger partial charge in [-0.15, -0.1) is 0 Å². The molecule has 3 aromatic rings. The lowest BCUT2D eigenvalue weighted by atomic mass is 10.1. The zero-order valence-electron chi connectivity index (χ0n) is 15.4. The minimum absolute atomic E-state index is 0.370. The Morgan fingerprint density at radius 2 is 1.36 bits per heavy atom. The largest absolute Gasteiger partial charge is 0.340 e. The van der Waals surface area contributed by atoms with E-state index in [0.29, 0.717) is 25.9 Å². The molecule has 0 amide bonds. The van der Waals surface area contributed by atoms with E-state index in [1.165, 1.54) is 32.9 Å². The fourth-order valence-corrected chi connectivity index (χ4v) is 4.90. The molecule has 0 fully saturated rings. The zero-order chi connectivity index (χ0) is 18.0. The van der Waals surface area contributed by atoms with E-state index in [-0.39, 0.29) is 0 Å². The summed E-state index contributed by atoms with van der Waals surface area (Å²) >= 11 is 0. The lowest BCUT2D eigenvalue weighted by Gasteiger charge is -2.18. The summed E-state index contributed by atoms with van der Waals surface area (Å²) < 4.78 is 26.0. The van der Waals surface area contributed by atoms with Crippen LogP contribution in [0.5, 0.6) is 0 Å². The molecule has 5 heteroatoms. The van der Waals surface area contributed by atoms with Gasteiger partial charge in [0.2, 0.25) is 0 Å². The monoisotopic (exact) mass is 359 g/mol. The normalized spacial score (nSPS) is 12.3. The van der Waals surface area contributed by atoms with Gasteiger partial charge in [0.15, 0.2) is 0 Å². The number of fused-ring (bicyclic) bond motifs is 3. The second kappa shape index (κ2) is 7.33. The first-order valence-corrected chi connectivity index (χ1v) is 10.6. The van der Waals surface area contributed by atoms with Gasteiger partial charge in [-0.3, -0.25) is 4.57 Å². The molecule has 1 heterocycles. The van der Waals surface area contributed by atoms with Gasteiger partial charge in [-0.25, -0.2) is 0 Å². The summed E-state index contributed by atoms with van der Waals surface area (Å²) in [4.78, 5) is 0. The molecule has 134 valence electrons. The standard InChI is InChI=1S/C20H26NO3P/c1-5-23-25(22,24-6-2)12-11-21-19-13-15(3)7-9-17(19)18-10-8-16(4)14-20(18)21/h7-10,13-14H,5-6,11-12H2,1-4H3. The summed E-state index contributed by atoms with van der Waals surface area (Å²) in [5.41, 5.74) is 4.76. The number of hydrogen-bond acceptors (Lipinski definition) is 3. The van der Waals surface area contributed by atoms with Crippen molar-refractivity contribution in [2.45, 2.75) is 34.2 Å². The van der Waals surface area contributed by atoms with Gasteiger partial charge >= 0.3 is 7.60 Å². The van der Waals surface area contributed by atoms with Crippen LogP contribution in [0.2, 0.25) is 0 Å². The molecular formula is C20H26NO3P. The van der Waals surface area contributed by atoms with Crippen molar-refractivity contribution < 1.29 is 13.6 Å². The van der Waals surface area contributed by atoms with Crippen molar-refractivity contribution >= 4 is 29.4 Å². The minimum atomic E-state index is -3.06. The van der Waals surface area contributed by atoms with Crippen LogP contribution in [-0.4, -0.2) is 23.9 Å². The molecule has 0 unspecified atom stereocenters. The molecule has 0 atom stereocenters. The van der Waals surface area contributed by atoms with Crippen molar-refractivity contribution in [3.05, 3.63) is 47.5 Å². The van der Waals surface area contributed by atoms with Crippen LogP contribution in [0.4, 0.5) is 0 Å². The van der Waals surface area contributed by atoms with Crippen LogP contribution < -0.4 is 0 Å². The number of rotatable bonds is 7. The molecule has 0 N–H and O–H groups in total. The Morgan fingerprint density at radius 1 is 0.880 bits per heavy atom. The highest BCUT2D eigenvalue weighted by Gasteiger charge is 2.24. The third-order valence-corrected chi connectivity index (χ3v) is 6.48. The highest BCUT2D eigenvalue weighted by atomic mass is 31.2. The maximum absolute atomic E-state index is 12.9. The Labute approximate surface area is 149 Å². The summed E-state index contributed by atoms with van der Waals surface area (Å²) in [5.74, 6) is 0. The first-order chi connectivity index (χ1) is 12.0. The van der Waals surface area contributed by atoms with E-state index in [9.17, 15) is 4.57 Å². The molecule has 3 rings (SSSR count). The van der Waals surface area contributed by atoms with Crippen molar-refractivity contribution in [3.63, 3.8) is 0 Å². The predicted molar refractivity (Wildman–Crippen MR) is 105 cm³/mol. The highest BCUT2D eigenvalue weighted by Crippen LogP contribution is 2.48. The third kappa shape index (κ3) is 3.67. The maximum Gasteiger partial charge on any atom is 0.332 e. The Bertz CT molecular complexity index is 876. The molecule has 0 bridgehead atoms. The van der Waals surface area contributed by atoms with Gasteiger partial charge in [0.05, 0.1) is 19.4 Å². The van der Waals surface area contributed by atoms with E-state index in [4.69, 9.17) is 9.05 Å². The zero-order valence-corrected chi connectivity index (χ0v) is 16.3. The van der Waals surface area contributed by atoms with Gasteiger partial charge in [0, 0.05) is 28.4 Å². The molecule has 0 radical (unpaired) electrons. The van der Waals surface area contributed by atoms with E-state index in [2.05, 4.69) is 54.8 Å². The van der Waals surface area contributed by atoms with E-state index in [1.807, 2.05) is 13.8 Å². The van der Waals surface area contributed by atoms with Crippen LogP contribution in [0.25, 0.3) is 21.8 Å². The van der Waals surface area contributed by atoms with E-state index < -0.39 is 7.60 Å². The van der Waals surface area contributed by atoms with Crippen LogP contribution in [-0.2, 0) is 20.2 Å². The van der Waals surface area contributed by atoms with Crippen molar-refractivity contribution in [2.24, 2.45) is 0 Å². The van der Waals surface area contributed by atoms with Gasteiger partial charge in [0.1, 0.15) is 0 Å². The highest BCUT2D eigenvalue weighted by molar-refractivity contribution is 7.53. The molecule has 0 aliphatic heterocycles. The van der Waals surface area contributed by atoms with Gasteiger partial charge in [-0.1, -0.05) is 24.3 Å². The van der Waals surface area contributed by atoms with E-state index >= 15 is 0 Å². The van der Waals surface area contributed by atoms with E-state index in [1.54, 1.807) is 0 Å². The number of hydrogen-bond donors (Lipinski definition) is 0. The molecule has 0 saturated carbocycles. The van der Waals surface area contributed by atoms with Gasteiger partial charge < -0.3 is 13.6 Å². The second-order valence-electron chi connectivity index (χ2n) is 6.36. The van der Waals surface area contributed by atoms with Crippen LogP contribution in [0.3, 0.4) is 0 Å². The van der Waals surface area contributed by atoms with Crippen molar-refractivity contribution in [1.29, 1.82) is 0 Å². The fraction of sp³-hybridized carbons (Fsp3) is 0.400. The summed E-state index contributed by atoms with van der Waals surface area (Å²) in [6, 6.07) is 13.0. The lowest BCUT2D eigenvalue weighted by molar-refractivity contribution is 0.219. The predicted octanol–water partition coefficient (Wildman–Crippen LogP) is 5.68. The summed E-state index contributed by atoms with van der Waals surface area (Å²) in [7, 11) is -3.06. The van der Waals surface area contributed by atoms with Crippen LogP contribution in [0, 0.1) is 13.8 Å². The Balaban J connectivity index is 2.08. The Morgan fingerprint density at radius 3 is 1.80 bits per heavy atom. The SMILES string of the molecule is CCOP(=O)(CCn1c2cc(C)ccc2c2ccc(C)cc21)OCC. The molecule has 0 spiro atoms. The fourth-order valence-electron chi connectivity index (χ4n) is 3.34. The third-order valence-electron chi connectivity index (χ3n) is 4.43. The number of benzene rings is 2. The quantitative estimate of drug-likeness (QED) is 0.510. The van der Waals surface area contributed by atoms with Gasteiger partial charge in [-0.2, -0.15) is 0 Å². The smallest absolute Gasteiger partial charge is 0.332 e. The first-order valence-electron chi connectivity index (χ1n) is 8.85. The minimum Gasteiger partial charge on any atom is -0.340 e. The second-order valence-corrected chi connectivity index (χ2v) is 8.55. The molecule has 25 heavy (non-hydrogen) atoms. The van der Waals surface area contributed by atoms with Crippen LogP contribution in [0.15, 0.2) is 36.4 Å². The van der Waals surface area contributed by atoms with Crippen molar-refractivity contribution in [2.75, 3.05) is 19.4 Å². The number of aromatic nitrogens is 1. The van der Waals surface area contributed by atoms with Gasteiger partial charge in [0.25, 0.3) is 0 Å².